The van der Waals surface area contributed by atoms with Crippen LogP contribution in [-0.4, -0.2) is 63.4 Å². The van der Waals surface area contributed by atoms with Crippen LogP contribution in [0.2, 0.25) is 0 Å². The normalized spacial score (nSPS) is 27.2. The Labute approximate surface area is 152 Å². The van der Waals surface area contributed by atoms with Crippen LogP contribution in [0.3, 0.4) is 0 Å². The van der Waals surface area contributed by atoms with Crippen LogP contribution in [0.15, 0.2) is 14.8 Å². The van der Waals surface area contributed by atoms with E-state index in [1.54, 1.807) is 23.5 Å². The number of fused-ring (bicyclic) bond motifs is 3. The van der Waals surface area contributed by atoms with E-state index < -0.39 is 5.97 Å². The van der Waals surface area contributed by atoms with Crippen molar-refractivity contribution in [2.75, 3.05) is 33.2 Å². The first-order valence-electron chi connectivity index (χ1n) is 7.89. The maximum Gasteiger partial charge on any atom is 0.342 e. The molecule has 1 aromatic heterocycles. The average molecular weight is 386 g/mol. The van der Waals surface area contributed by atoms with Gasteiger partial charge in [-0.2, -0.15) is 0 Å². The van der Waals surface area contributed by atoms with Gasteiger partial charge in [-0.1, -0.05) is 23.5 Å². The number of hydrogen-bond donors (Lipinski definition) is 1. The van der Waals surface area contributed by atoms with Gasteiger partial charge in [0.05, 0.1) is 15.4 Å². The van der Waals surface area contributed by atoms with Gasteiger partial charge in [-0.05, 0) is 14.0 Å². The number of thioether (sulfide) groups is 3. The highest BCUT2D eigenvalue weighted by atomic mass is 32.2. The minimum Gasteiger partial charge on any atom is -0.477 e. The summed E-state index contributed by atoms with van der Waals surface area (Å²) in [6.45, 7) is 6.25. The zero-order valence-electron chi connectivity index (χ0n) is 13.5. The zero-order valence-corrected chi connectivity index (χ0v) is 16.0. The van der Waals surface area contributed by atoms with Crippen LogP contribution in [0.4, 0.5) is 0 Å². The van der Waals surface area contributed by atoms with Crippen molar-refractivity contribution >= 4 is 41.3 Å². The molecule has 4 rings (SSSR count). The third-order valence-corrected chi connectivity index (χ3v) is 8.77. The number of hydrogen-bond acceptors (Lipinski definition) is 7. The SMILES string of the molecule is CC1Sc2c(C(=O)O)c(=O)c3c(n21)SC(N1CCN(C)CC1)SC3. The number of carbonyl (C=O) groups is 1. The van der Waals surface area contributed by atoms with Crippen molar-refractivity contribution in [3.8, 4) is 0 Å². The maximum absolute atomic E-state index is 12.6. The summed E-state index contributed by atoms with van der Waals surface area (Å²) in [6.07, 6.45) is 0. The van der Waals surface area contributed by atoms with E-state index in [1.807, 2.05) is 0 Å². The fourth-order valence-corrected chi connectivity index (χ4v) is 7.58. The van der Waals surface area contributed by atoms with Crippen LogP contribution in [0.25, 0.3) is 0 Å². The van der Waals surface area contributed by atoms with E-state index in [2.05, 4.69) is 28.3 Å². The Kier molecular flexibility index (Phi) is 4.41. The van der Waals surface area contributed by atoms with Gasteiger partial charge in [0.25, 0.3) is 0 Å². The second-order valence-electron chi connectivity index (χ2n) is 6.26. The molecule has 24 heavy (non-hydrogen) atoms. The summed E-state index contributed by atoms with van der Waals surface area (Å²) >= 11 is 4.94. The summed E-state index contributed by atoms with van der Waals surface area (Å²) in [4.78, 5) is 29.0. The van der Waals surface area contributed by atoms with Gasteiger partial charge in [-0.15, -0.1) is 11.8 Å². The molecule has 4 heterocycles. The third-order valence-electron chi connectivity index (χ3n) is 4.69. The summed E-state index contributed by atoms with van der Waals surface area (Å²) in [5.41, 5.74) is 0.333. The molecule has 3 aliphatic heterocycles. The molecule has 0 aromatic carbocycles. The summed E-state index contributed by atoms with van der Waals surface area (Å²) in [6, 6.07) is 0. The smallest absolute Gasteiger partial charge is 0.342 e. The highest BCUT2D eigenvalue weighted by Crippen LogP contribution is 2.51. The molecule has 0 spiro atoms. The molecule has 0 aliphatic carbocycles. The lowest BCUT2D eigenvalue weighted by Crippen LogP contribution is -2.48. The van der Waals surface area contributed by atoms with Crippen LogP contribution in [0.5, 0.6) is 0 Å². The monoisotopic (exact) mass is 385 g/mol. The minimum absolute atomic E-state index is 0.0453. The lowest BCUT2D eigenvalue weighted by atomic mass is 10.2. The van der Waals surface area contributed by atoms with Crippen LogP contribution in [0.1, 0.15) is 28.2 Å². The standard InChI is InChI=1S/C15H19N3O3S3/c1-8-18-12-9(11(19)10(14(20)21)13(18)23-8)7-22-15(24-12)17-5-3-16(2)4-6-17/h8,15H,3-7H2,1-2H3,(H,20,21). The van der Waals surface area contributed by atoms with Gasteiger partial charge < -0.3 is 14.6 Å². The second-order valence-corrected chi connectivity index (χ2v) is 10.0. The molecule has 1 fully saturated rings. The zero-order chi connectivity index (χ0) is 17.0. The van der Waals surface area contributed by atoms with Crippen LogP contribution >= 0.6 is 35.3 Å². The van der Waals surface area contributed by atoms with Crippen LogP contribution in [0, 0.1) is 0 Å². The first-order valence-corrected chi connectivity index (χ1v) is 10.7. The molecule has 9 heteroatoms. The second kappa shape index (κ2) is 6.28. The molecule has 1 saturated heterocycles. The number of pyridine rings is 1. The Balaban J connectivity index is 1.69. The van der Waals surface area contributed by atoms with E-state index in [1.165, 1.54) is 11.8 Å². The molecule has 0 bridgehead atoms. The predicted molar refractivity (Wildman–Crippen MR) is 98.2 cm³/mol. The molecule has 6 nitrogen and oxygen atoms in total. The molecule has 2 atom stereocenters. The number of nitrogens with zero attached hydrogens (tertiary/aromatic N) is 3. The van der Waals surface area contributed by atoms with E-state index in [0.29, 0.717) is 21.0 Å². The average Bonchev–Trinajstić information content (AvgIpc) is 2.54. The first-order chi connectivity index (χ1) is 11.5. The van der Waals surface area contributed by atoms with Gasteiger partial charge in [0, 0.05) is 37.5 Å². The lowest BCUT2D eigenvalue weighted by Gasteiger charge is -2.41. The number of piperazine rings is 1. The topological polar surface area (TPSA) is 65.8 Å². The third kappa shape index (κ3) is 2.61. The Hall–Kier alpha value is -0.610. The summed E-state index contributed by atoms with van der Waals surface area (Å²) < 4.78 is 2.36. The molecular formula is C15H19N3O3S3. The predicted octanol–water partition coefficient (Wildman–Crippen LogP) is 2.04. The van der Waals surface area contributed by atoms with Crippen molar-refractivity contribution in [3.63, 3.8) is 0 Å². The first kappa shape index (κ1) is 16.8. The molecule has 1 aromatic rings. The van der Waals surface area contributed by atoms with Gasteiger partial charge in [-0.3, -0.25) is 9.69 Å². The van der Waals surface area contributed by atoms with Gasteiger partial charge in [0.15, 0.2) is 0 Å². The maximum atomic E-state index is 12.6. The van der Waals surface area contributed by atoms with E-state index >= 15 is 0 Å². The number of aromatic nitrogens is 1. The molecule has 1 N–H and O–H groups in total. The van der Waals surface area contributed by atoms with Gasteiger partial charge >= 0.3 is 5.97 Å². The van der Waals surface area contributed by atoms with E-state index in [0.717, 1.165) is 31.2 Å². The van der Waals surface area contributed by atoms with E-state index in [9.17, 15) is 14.7 Å². The van der Waals surface area contributed by atoms with Crippen molar-refractivity contribution in [2.45, 2.75) is 32.8 Å². The number of carboxylic acid groups (broad SMARTS) is 1. The number of carboxylic acids is 1. The van der Waals surface area contributed by atoms with Crippen molar-refractivity contribution in [2.24, 2.45) is 0 Å². The number of likely N-dealkylation sites (N-methyl/N-ethyl adjacent to an activating group) is 1. The van der Waals surface area contributed by atoms with Crippen molar-refractivity contribution < 1.29 is 9.90 Å². The Morgan fingerprint density at radius 3 is 2.50 bits per heavy atom. The van der Waals surface area contributed by atoms with Gasteiger partial charge in [0.1, 0.15) is 10.3 Å². The van der Waals surface area contributed by atoms with Crippen molar-refractivity contribution in [3.05, 3.63) is 21.4 Å². The highest BCUT2D eigenvalue weighted by molar-refractivity contribution is 8.17. The molecule has 130 valence electrons. The molecule has 0 saturated carbocycles. The largest absolute Gasteiger partial charge is 0.477 e. The summed E-state index contributed by atoms with van der Waals surface area (Å²) in [7, 11) is 2.14. The van der Waals surface area contributed by atoms with E-state index in [4.69, 9.17) is 0 Å². The van der Waals surface area contributed by atoms with Crippen LogP contribution < -0.4 is 5.43 Å². The minimum atomic E-state index is -1.11. The fraction of sp³-hybridized carbons (Fsp3) is 0.600. The van der Waals surface area contributed by atoms with Gasteiger partial charge in [-0.25, -0.2) is 4.79 Å². The quantitative estimate of drug-likeness (QED) is 0.830. The molecule has 0 amide bonds. The van der Waals surface area contributed by atoms with E-state index in [-0.39, 0.29) is 16.4 Å². The Morgan fingerprint density at radius 1 is 1.17 bits per heavy atom. The molecular weight excluding hydrogens is 366 g/mol. The Morgan fingerprint density at radius 2 is 1.88 bits per heavy atom. The fourth-order valence-electron chi connectivity index (χ4n) is 3.25. The summed E-state index contributed by atoms with van der Waals surface area (Å²) in [5, 5.41) is 11.2. The van der Waals surface area contributed by atoms with Gasteiger partial charge in [0.2, 0.25) is 5.43 Å². The van der Waals surface area contributed by atoms with Crippen molar-refractivity contribution in [1.29, 1.82) is 0 Å². The number of rotatable bonds is 2. The lowest BCUT2D eigenvalue weighted by molar-refractivity contribution is 0.0688. The molecule has 0 radical (unpaired) electrons. The highest BCUT2D eigenvalue weighted by Gasteiger charge is 2.39. The molecule has 3 aliphatic rings. The van der Waals surface area contributed by atoms with Crippen molar-refractivity contribution in [1.82, 2.24) is 14.4 Å². The van der Waals surface area contributed by atoms with Crippen LogP contribution in [-0.2, 0) is 5.75 Å². The summed E-state index contributed by atoms with van der Waals surface area (Å²) in [5.74, 6) is -0.516. The molecule has 2 unspecified atom stereocenters. The number of aromatic carboxylic acids is 1. The Bertz CT molecular complexity index is 759.